The molecule has 0 spiro atoms. The number of nitrogens with zero attached hydrogens (tertiary/aromatic N) is 1. The number of hydrogen-bond donors (Lipinski definition) is 2. The SMILES string of the molecule is CC(N)=NC1CCCC(O)C1C. The number of amidine groups is 1. The van der Waals surface area contributed by atoms with Crippen LogP contribution in [0.2, 0.25) is 0 Å². The summed E-state index contributed by atoms with van der Waals surface area (Å²) in [5.41, 5.74) is 5.50. The maximum Gasteiger partial charge on any atom is 0.0909 e. The van der Waals surface area contributed by atoms with Crippen LogP contribution in [-0.2, 0) is 0 Å². The molecule has 1 rings (SSSR count). The lowest BCUT2D eigenvalue weighted by Gasteiger charge is -2.30. The van der Waals surface area contributed by atoms with E-state index in [-0.39, 0.29) is 18.1 Å². The molecule has 70 valence electrons. The van der Waals surface area contributed by atoms with Gasteiger partial charge in [-0.15, -0.1) is 0 Å². The summed E-state index contributed by atoms with van der Waals surface area (Å²) in [6.07, 6.45) is 2.85. The molecule has 3 unspecified atom stereocenters. The zero-order chi connectivity index (χ0) is 9.14. The van der Waals surface area contributed by atoms with Crippen molar-refractivity contribution in [3.63, 3.8) is 0 Å². The van der Waals surface area contributed by atoms with Crippen LogP contribution in [0.4, 0.5) is 0 Å². The van der Waals surface area contributed by atoms with Crippen LogP contribution in [0, 0.1) is 5.92 Å². The molecule has 12 heavy (non-hydrogen) atoms. The van der Waals surface area contributed by atoms with Gasteiger partial charge >= 0.3 is 0 Å². The highest BCUT2D eigenvalue weighted by atomic mass is 16.3. The molecule has 0 radical (unpaired) electrons. The fraction of sp³-hybridized carbons (Fsp3) is 0.889. The van der Waals surface area contributed by atoms with Gasteiger partial charge in [0.2, 0.25) is 0 Å². The van der Waals surface area contributed by atoms with Crippen LogP contribution in [0.25, 0.3) is 0 Å². The first-order valence-corrected chi connectivity index (χ1v) is 4.59. The second-order valence-electron chi connectivity index (χ2n) is 3.70. The van der Waals surface area contributed by atoms with Gasteiger partial charge in [0.15, 0.2) is 0 Å². The molecular formula is C9H18N2O. The van der Waals surface area contributed by atoms with Gasteiger partial charge in [-0.3, -0.25) is 4.99 Å². The van der Waals surface area contributed by atoms with Crippen LogP contribution < -0.4 is 5.73 Å². The summed E-state index contributed by atoms with van der Waals surface area (Å²) < 4.78 is 0. The van der Waals surface area contributed by atoms with Gasteiger partial charge in [-0.05, 0) is 26.2 Å². The van der Waals surface area contributed by atoms with E-state index < -0.39 is 0 Å². The lowest BCUT2D eigenvalue weighted by atomic mass is 9.84. The molecule has 0 aromatic heterocycles. The van der Waals surface area contributed by atoms with E-state index in [1.165, 1.54) is 0 Å². The topological polar surface area (TPSA) is 58.6 Å². The Morgan fingerprint density at radius 3 is 2.75 bits per heavy atom. The van der Waals surface area contributed by atoms with E-state index in [4.69, 9.17) is 5.73 Å². The number of hydrogen-bond acceptors (Lipinski definition) is 2. The average Bonchev–Trinajstić information content (AvgIpc) is 1.98. The lowest BCUT2D eigenvalue weighted by Crippen LogP contribution is -2.33. The van der Waals surface area contributed by atoms with Crippen molar-refractivity contribution in [3.05, 3.63) is 0 Å². The molecule has 0 bridgehead atoms. The smallest absolute Gasteiger partial charge is 0.0909 e. The van der Waals surface area contributed by atoms with E-state index in [1.807, 2.05) is 6.92 Å². The Bertz CT molecular complexity index is 175. The minimum absolute atomic E-state index is 0.188. The summed E-state index contributed by atoms with van der Waals surface area (Å²) in [7, 11) is 0. The molecule has 1 saturated carbocycles. The third-order valence-electron chi connectivity index (χ3n) is 2.58. The van der Waals surface area contributed by atoms with Gasteiger partial charge in [0, 0.05) is 5.92 Å². The number of aliphatic imine (C=N–C) groups is 1. The van der Waals surface area contributed by atoms with E-state index in [0.29, 0.717) is 5.84 Å². The largest absolute Gasteiger partial charge is 0.393 e. The highest BCUT2D eigenvalue weighted by Crippen LogP contribution is 2.26. The average molecular weight is 170 g/mol. The molecule has 1 fully saturated rings. The van der Waals surface area contributed by atoms with Crippen LogP contribution in [0.1, 0.15) is 33.1 Å². The lowest BCUT2D eigenvalue weighted by molar-refractivity contribution is 0.0676. The number of rotatable bonds is 1. The number of aliphatic hydroxyl groups excluding tert-OH is 1. The molecule has 0 saturated heterocycles. The minimum Gasteiger partial charge on any atom is -0.393 e. The Balaban J connectivity index is 2.58. The summed E-state index contributed by atoms with van der Waals surface area (Å²) in [6, 6.07) is 0.235. The van der Waals surface area contributed by atoms with Gasteiger partial charge in [-0.2, -0.15) is 0 Å². The number of nitrogens with two attached hydrogens (primary N) is 1. The van der Waals surface area contributed by atoms with Crippen molar-refractivity contribution in [2.75, 3.05) is 0 Å². The third-order valence-corrected chi connectivity index (χ3v) is 2.58. The molecule has 3 N–H and O–H groups in total. The fourth-order valence-electron chi connectivity index (χ4n) is 1.76. The first-order valence-electron chi connectivity index (χ1n) is 4.59. The second-order valence-corrected chi connectivity index (χ2v) is 3.70. The molecule has 0 aromatic rings. The standard InChI is InChI=1S/C9H18N2O/c1-6-8(11-7(2)10)4-3-5-9(6)12/h6,8-9,12H,3-5H2,1-2H3,(H2,10,11). The van der Waals surface area contributed by atoms with Gasteiger partial charge in [0.25, 0.3) is 0 Å². The van der Waals surface area contributed by atoms with Crippen LogP contribution >= 0.6 is 0 Å². The van der Waals surface area contributed by atoms with Crippen molar-refractivity contribution in [1.29, 1.82) is 0 Å². The molecule has 3 nitrogen and oxygen atoms in total. The Morgan fingerprint density at radius 1 is 1.50 bits per heavy atom. The first-order chi connectivity index (χ1) is 5.61. The van der Waals surface area contributed by atoms with E-state index >= 15 is 0 Å². The third kappa shape index (κ3) is 2.21. The van der Waals surface area contributed by atoms with Crippen molar-refractivity contribution in [2.45, 2.75) is 45.3 Å². The number of aliphatic hydroxyl groups is 1. The first kappa shape index (κ1) is 9.52. The predicted molar refractivity (Wildman–Crippen MR) is 50.1 cm³/mol. The van der Waals surface area contributed by atoms with Gasteiger partial charge in [0.05, 0.1) is 18.0 Å². The fourth-order valence-corrected chi connectivity index (χ4v) is 1.76. The molecule has 1 aliphatic rings. The molecule has 3 heteroatoms. The molecule has 0 aromatic carbocycles. The van der Waals surface area contributed by atoms with Gasteiger partial charge < -0.3 is 10.8 Å². The monoisotopic (exact) mass is 170 g/mol. The van der Waals surface area contributed by atoms with Gasteiger partial charge in [-0.25, -0.2) is 0 Å². The van der Waals surface area contributed by atoms with Gasteiger partial charge in [0.1, 0.15) is 0 Å². The maximum atomic E-state index is 9.55. The maximum absolute atomic E-state index is 9.55. The summed E-state index contributed by atoms with van der Waals surface area (Å²) in [4.78, 5) is 4.30. The van der Waals surface area contributed by atoms with Crippen LogP contribution in [0.15, 0.2) is 4.99 Å². The van der Waals surface area contributed by atoms with E-state index in [2.05, 4.69) is 4.99 Å². The highest BCUT2D eigenvalue weighted by molar-refractivity contribution is 5.77. The van der Waals surface area contributed by atoms with Crippen molar-refractivity contribution in [1.82, 2.24) is 0 Å². The predicted octanol–water partition coefficient (Wildman–Crippen LogP) is 0.913. The summed E-state index contributed by atoms with van der Waals surface area (Å²) in [5.74, 6) is 0.887. The molecule has 0 aliphatic heterocycles. The second kappa shape index (κ2) is 3.90. The molecule has 3 atom stereocenters. The molecular weight excluding hydrogens is 152 g/mol. The summed E-state index contributed by atoms with van der Waals surface area (Å²) in [5, 5.41) is 9.55. The van der Waals surface area contributed by atoms with Crippen molar-refractivity contribution in [2.24, 2.45) is 16.6 Å². The Kier molecular flexibility index (Phi) is 3.09. The molecule has 0 amide bonds. The van der Waals surface area contributed by atoms with E-state index in [0.717, 1.165) is 19.3 Å². The zero-order valence-electron chi connectivity index (χ0n) is 7.83. The Hall–Kier alpha value is -0.570. The molecule has 0 heterocycles. The minimum atomic E-state index is -0.188. The highest BCUT2D eigenvalue weighted by Gasteiger charge is 2.27. The Morgan fingerprint density at radius 2 is 2.17 bits per heavy atom. The van der Waals surface area contributed by atoms with Crippen LogP contribution in [0.5, 0.6) is 0 Å². The normalized spacial score (nSPS) is 38.2. The quantitative estimate of drug-likeness (QED) is 0.454. The van der Waals surface area contributed by atoms with E-state index in [1.54, 1.807) is 6.92 Å². The zero-order valence-corrected chi connectivity index (χ0v) is 7.83. The van der Waals surface area contributed by atoms with Crippen molar-refractivity contribution >= 4 is 5.84 Å². The summed E-state index contributed by atoms with van der Waals surface area (Å²) in [6.45, 7) is 3.84. The Labute approximate surface area is 73.7 Å². The van der Waals surface area contributed by atoms with E-state index in [9.17, 15) is 5.11 Å². The van der Waals surface area contributed by atoms with Crippen LogP contribution in [0.3, 0.4) is 0 Å². The van der Waals surface area contributed by atoms with Crippen molar-refractivity contribution in [3.8, 4) is 0 Å². The van der Waals surface area contributed by atoms with Gasteiger partial charge in [-0.1, -0.05) is 6.92 Å². The van der Waals surface area contributed by atoms with Crippen molar-refractivity contribution < 1.29 is 5.11 Å². The summed E-state index contributed by atoms with van der Waals surface area (Å²) >= 11 is 0. The van der Waals surface area contributed by atoms with Crippen LogP contribution in [-0.4, -0.2) is 23.1 Å². The molecule has 1 aliphatic carbocycles.